The molecule has 0 radical (unpaired) electrons. The van der Waals surface area contributed by atoms with Crippen molar-refractivity contribution in [1.82, 2.24) is 9.47 Å². The summed E-state index contributed by atoms with van der Waals surface area (Å²) < 4.78 is 20.6. The molecule has 1 fully saturated rings. The highest BCUT2D eigenvalue weighted by molar-refractivity contribution is 5.98. The first-order valence-electron chi connectivity index (χ1n) is 9.64. The third kappa shape index (κ3) is 4.25. The molecule has 1 aliphatic carbocycles. The first kappa shape index (κ1) is 18.3. The molecule has 0 saturated heterocycles. The molecule has 28 heavy (non-hydrogen) atoms. The highest BCUT2D eigenvalue weighted by atomic mass is 19.1. The number of nitrogens with zero attached hydrogens (tertiary/aromatic N) is 2. The molecule has 4 nitrogen and oxygen atoms in total. The summed E-state index contributed by atoms with van der Waals surface area (Å²) in [5.74, 6) is 0.427. The van der Waals surface area contributed by atoms with Crippen LogP contribution in [0.3, 0.4) is 0 Å². The Bertz CT molecular complexity index is 918. The van der Waals surface area contributed by atoms with Gasteiger partial charge in [-0.2, -0.15) is 0 Å². The zero-order valence-electron chi connectivity index (χ0n) is 15.6. The molecule has 1 aromatic heterocycles. The normalized spacial score (nSPS) is 13.3. The Kier molecular flexibility index (Phi) is 5.42. The smallest absolute Gasteiger partial charge is 0.256 e. The van der Waals surface area contributed by atoms with Crippen molar-refractivity contribution in [1.29, 1.82) is 0 Å². The van der Waals surface area contributed by atoms with Crippen molar-refractivity contribution < 1.29 is 13.9 Å². The number of benzene rings is 2. The van der Waals surface area contributed by atoms with Gasteiger partial charge in [-0.25, -0.2) is 4.39 Å². The summed E-state index contributed by atoms with van der Waals surface area (Å²) in [4.78, 5) is 15.2. The maximum absolute atomic E-state index is 13.3. The van der Waals surface area contributed by atoms with E-state index in [9.17, 15) is 9.18 Å². The van der Waals surface area contributed by atoms with Gasteiger partial charge in [0.2, 0.25) is 0 Å². The zero-order valence-corrected chi connectivity index (χ0v) is 15.6. The Labute approximate surface area is 164 Å². The standard InChI is InChI=1S/C23H23FN2O2/c24-18-8-12-20(13-9-18)28-17-5-16-26(19-10-11-19)23(27)21-6-1-2-7-22(21)25-14-3-4-15-25/h1-4,6-9,12-15,19H,5,10-11,16-17H2. The van der Waals surface area contributed by atoms with Crippen molar-refractivity contribution in [2.45, 2.75) is 25.3 Å². The van der Waals surface area contributed by atoms with Gasteiger partial charge in [-0.15, -0.1) is 0 Å². The number of halogens is 1. The van der Waals surface area contributed by atoms with Crippen LogP contribution in [0, 0.1) is 5.82 Å². The Hall–Kier alpha value is -3.08. The molecule has 0 spiro atoms. The van der Waals surface area contributed by atoms with Gasteiger partial charge in [0.15, 0.2) is 0 Å². The number of para-hydroxylation sites is 1. The van der Waals surface area contributed by atoms with Crippen molar-refractivity contribution in [3.8, 4) is 11.4 Å². The topological polar surface area (TPSA) is 34.5 Å². The summed E-state index contributed by atoms with van der Waals surface area (Å²) >= 11 is 0. The van der Waals surface area contributed by atoms with Gasteiger partial charge in [0.05, 0.1) is 17.9 Å². The maximum Gasteiger partial charge on any atom is 0.256 e. The van der Waals surface area contributed by atoms with Crippen LogP contribution in [0.2, 0.25) is 0 Å². The average Bonchev–Trinajstić information content (AvgIpc) is 3.41. The molecule has 5 heteroatoms. The van der Waals surface area contributed by atoms with Crippen LogP contribution in [0.15, 0.2) is 73.1 Å². The monoisotopic (exact) mass is 378 g/mol. The first-order valence-corrected chi connectivity index (χ1v) is 9.64. The second-order valence-electron chi connectivity index (χ2n) is 6.99. The fraction of sp³-hybridized carbons (Fsp3) is 0.261. The minimum absolute atomic E-state index is 0.0635. The van der Waals surface area contributed by atoms with Crippen LogP contribution in [0.1, 0.15) is 29.6 Å². The van der Waals surface area contributed by atoms with E-state index in [0.29, 0.717) is 30.5 Å². The van der Waals surface area contributed by atoms with E-state index in [1.165, 1.54) is 12.1 Å². The molecule has 0 aliphatic heterocycles. The van der Waals surface area contributed by atoms with Crippen molar-refractivity contribution in [3.05, 3.63) is 84.4 Å². The van der Waals surface area contributed by atoms with Gasteiger partial charge in [-0.3, -0.25) is 4.79 Å². The molecule has 144 valence electrons. The summed E-state index contributed by atoms with van der Waals surface area (Å²) in [6.45, 7) is 1.13. The Morgan fingerprint density at radius 3 is 2.46 bits per heavy atom. The molecule has 4 rings (SSSR count). The van der Waals surface area contributed by atoms with E-state index in [-0.39, 0.29) is 11.7 Å². The van der Waals surface area contributed by atoms with E-state index in [0.717, 1.165) is 24.9 Å². The van der Waals surface area contributed by atoms with Crippen LogP contribution in [0.4, 0.5) is 4.39 Å². The summed E-state index contributed by atoms with van der Waals surface area (Å²) in [6, 6.07) is 17.9. The molecule has 1 aliphatic rings. The Morgan fingerprint density at radius 2 is 1.75 bits per heavy atom. The SMILES string of the molecule is O=C(c1ccccc1-n1cccc1)N(CCCOc1ccc(F)cc1)C1CC1. The van der Waals surface area contributed by atoms with Crippen LogP contribution < -0.4 is 4.74 Å². The van der Waals surface area contributed by atoms with Crippen LogP contribution in [-0.2, 0) is 0 Å². The molecular weight excluding hydrogens is 355 g/mol. The number of carbonyl (C=O) groups excluding carboxylic acids is 1. The summed E-state index contributed by atoms with van der Waals surface area (Å²) in [5, 5.41) is 0. The van der Waals surface area contributed by atoms with Crippen molar-refractivity contribution >= 4 is 5.91 Å². The molecule has 0 atom stereocenters. The molecular formula is C23H23FN2O2. The van der Waals surface area contributed by atoms with Crippen LogP contribution in [0.25, 0.3) is 5.69 Å². The number of aromatic nitrogens is 1. The third-order valence-corrected chi connectivity index (χ3v) is 4.89. The minimum atomic E-state index is -0.279. The lowest BCUT2D eigenvalue weighted by Crippen LogP contribution is -2.35. The lowest BCUT2D eigenvalue weighted by Gasteiger charge is -2.24. The molecule has 3 aromatic rings. The lowest BCUT2D eigenvalue weighted by atomic mass is 10.1. The van der Waals surface area contributed by atoms with Gasteiger partial charge in [-0.05, 0) is 67.8 Å². The van der Waals surface area contributed by atoms with Gasteiger partial charge in [0.1, 0.15) is 11.6 Å². The summed E-state index contributed by atoms with van der Waals surface area (Å²) in [7, 11) is 0. The second-order valence-corrected chi connectivity index (χ2v) is 6.99. The molecule has 1 saturated carbocycles. The highest BCUT2D eigenvalue weighted by Crippen LogP contribution is 2.29. The van der Waals surface area contributed by atoms with Gasteiger partial charge < -0.3 is 14.2 Å². The highest BCUT2D eigenvalue weighted by Gasteiger charge is 2.33. The largest absolute Gasteiger partial charge is 0.494 e. The van der Waals surface area contributed by atoms with Gasteiger partial charge in [0.25, 0.3) is 5.91 Å². The van der Waals surface area contributed by atoms with Crippen molar-refractivity contribution in [2.24, 2.45) is 0 Å². The molecule has 1 amide bonds. The number of ether oxygens (including phenoxy) is 1. The van der Waals surface area contributed by atoms with Gasteiger partial charge in [0, 0.05) is 25.0 Å². The van der Waals surface area contributed by atoms with E-state index in [1.54, 1.807) is 12.1 Å². The van der Waals surface area contributed by atoms with Crippen molar-refractivity contribution in [3.63, 3.8) is 0 Å². The average molecular weight is 378 g/mol. The number of hydrogen-bond donors (Lipinski definition) is 0. The Morgan fingerprint density at radius 1 is 1.04 bits per heavy atom. The fourth-order valence-corrected chi connectivity index (χ4v) is 3.32. The Balaban J connectivity index is 1.41. The van der Waals surface area contributed by atoms with E-state index >= 15 is 0 Å². The number of rotatable bonds is 8. The predicted molar refractivity (Wildman–Crippen MR) is 106 cm³/mol. The van der Waals surface area contributed by atoms with E-state index in [2.05, 4.69) is 0 Å². The van der Waals surface area contributed by atoms with Crippen LogP contribution in [-0.4, -0.2) is 34.6 Å². The molecule has 0 unspecified atom stereocenters. The molecule has 2 aromatic carbocycles. The van der Waals surface area contributed by atoms with E-state index in [4.69, 9.17) is 4.74 Å². The third-order valence-electron chi connectivity index (χ3n) is 4.89. The summed E-state index contributed by atoms with van der Waals surface area (Å²) in [6.07, 6.45) is 6.73. The quantitative estimate of drug-likeness (QED) is 0.533. The fourth-order valence-electron chi connectivity index (χ4n) is 3.32. The second kappa shape index (κ2) is 8.30. The predicted octanol–water partition coefficient (Wildman–Crippen LogP) is 4.69. The maximum atomic E-state index is 13.3. The first-order chi connectivity index (χ1) is 13.7. The minimum Gasteiger partial charge on any atom is -0.494 e. The van der Waals surface area contributed by atoms with Gasteiger partial charge >= 0.3 is 0 Å². The van der Waals surface area contributed by atoms with E-state index < -0.39 is 0 Å². The number of amides is 1. The number of hydrogen-bond acceptors (Lipinski definition) is 2. The van der Waals surface area contributed by atoms with Crippen LogP contribution >= 0.6 is 0 Å². The van der Waals surface area contributed by atoms with Crippen molar-refractivity contribution in [2.75, 3.05) is 13.2 Å². The lowest BCUT2D eigenvalue weighted by molar-refractivity contribution is 0.0734. The molecule has 0 N–H and O–H groups in total. The van der Waals surface area contributed by atoms with E-state index in [1.807, 2.05) is 58.3 Å². The summed E-state index contributed by atoms with van der Waals surface area (Å²) in [5.41, 5.74) is 1.61. The molecule has 0 bridgehead atoms. The zero-order chi connectivity index (χ0) is 19.3. The molecule has 1 heterocycles. The van der Waals surface area contributed by atoms with Gasteiger partial charge in [-0.1, -0.05) is 12.1 Å². The van der Waals surface area contributed by atoms with Crippen LogP contribution in [0.5, 0.6) is 5.75 Å². The number of carbonyl (C=O) groups is 1.